The third-order valence-electron chi connectivity index (χ3n) is 7.19. The zero-order valence-corrected chi connectivity index (χ0v) is 32.2. The Balaban J connectivity index is 0.00000292. The minimum atomic E-state index is -4.94. The van der Waals surface area contributed by atoms with Crippen molar-refractivity contribution in [2.45, 2.75) is 9.79 Å². The minimum absolute atomic E-state index is 0. The molecule has 6 aromatic carbocycles. The molecular weight excluding hydrogens is 724 g/mol. The Hall–Kier alpha value is -4.14. The topological polar surface area (TPSA) is 257 Å². The van der Waals surface area contributed by atoms with E-state index in [1.165, 1.54) is 84.9 Å². The molecule has 6 rings (SSSR count). The number of rotatable bonds is 8. The second kappa shape index (κ2) is 15.6. The van der Waals surface area contributed by atoms with E-state index in [-0.39, 0.29) is 92.0 Å². The molecule has 0 heterocycles. The van der Waals surface area contributed by atoms with Crippen molar-refractivity contribution in [1.82, 2.24) is 0 Å². The van der Waals surface area contributed by atoms with Gasteiger partial charge in [-0.2, -0.15) is 27.1 Å². The number of nitrogens with one attached hydrogen (secondary N) is 1. The van der Waals surface area contributed by atoms with Crippen LogP contribution in [0.25, 0.3) is 21.5 Å². The van der Waals surface area contributed by atoms with Gasteiger partial charge in [-0.05, 0) is 71.4 Å². The third kappa shape index (κ3) is 8.50. The van der Waals surface area contributed by atoms with Crippen molar-refractivity contribution in [2.75, 3.05) is 5.32 Å². The summed E-state index contributed by atoms with van der Waals surface area (Å²) >= 11 is 0. The standard InChI is InChI=1S/C32H23N5O10S2.2Na/c38-25-7-3-1-5-23(25)34-36-29-27(48(42,43)44)15-17-13-19(9-11-21(17)31(29)40)33-20-10-12-22-18(14-20)16-28(49(45,46)47)30(32(22)41)37-35-24-6-2-4-8-26(24)39;;/h1-16,33,38-41H,(H,42,43,44)(H,45,46,47);;/q;2*+1/p-2. The fraction of sp³-hybridized carbons (Fsp3) is 0. The van der Waals surface area contributed by atoms with Crippen molar-refractivity contribution >= 4 is 75.9 Å². The summed E-state index contributed by atoms with van der Waals surface area (Å²) in [5, 5.41) is 64.5. The Labute approximate surface area is 334 Å². The first-order chi connectivity index (χ1) is 23.2. The zero-order chi connectivity index (χ0) is 35.1. The van der Waals surface area contributed by atoms with Crippen LogP contribution in [0.15, 0.2) is 127 Å². The van der Waals surface area contributed by atoms with E-state index in [4.69, 9.17) is 0 Å². The molecule has 0 bridgehead atoms. The number of anilines is 2. The summed E-state index contributed by atoms with van der Waals surface area (Å²) in [6.45, 7) is 0. The van der Waals surface area contributed by atoms with Gasteiger partial charge in [0.15, 0.2) is 11.5 Å². The van der Waals surface area contributed by atoms with E-state index in [9.17, 15) is 46.4 Å². The quantitative estimate of drug-likeness (QED) is 0.0820. The molecule has 0 unspecified atom stereocenters. The fourth-order valence-corrected chi connectivity index (χ4v) is 6.21. The largest absolute Gasteiger partial charge is 1.00 e. The van der Waals surface area contributed by atoms with E-state index in [1.54, 1.807) is 0 Å². The van der Waals surface area contributed by atoms with E-state index in [2.05, 4.69) is 25.8 Å². The number of azo groups is 2. The first-order valence-corrected chi connectivity index (χ1v) is 16.8. The molecule has 0 saturated heterocycles. The molecule has 0 amide bonds. The van der Waals surface area contributed by atoms with E-state index in [1.807, 2.05) is 0 Å². The van der Waals surface area contributed by atoms with Gasteiger partial charge in [0.05, 0.1) is 11.4 Å². The molecule has 0 aromatic heterocycles. The molecule has 0 aliphatic rings. The molecule has 6 aromatic rings. The van der Waals surface area contributed by atoms with Crippen LogP contribution in [0, 0.1) is 0 Å². The number of benzene rings is 6. The molecule has 0 aliphatic carbocycles. The van der Waals surface area contributed by atoms with Gasteiger partial charge in [0.1, 0.15) is 21.2 Å². The summed E-state index contributed by atoms with van der Waals surface area (Å²) in [5.41, 5.74) is -0.717. The number of aromatic hydroxyl groups is 2. The minimum Gasteiger partial charge on any atom is -0.871 e. The number of phenols is 2. The van der Waals surface area contributed by atoms with E-state index in [0.29, 0.717) is 11.4 Å². The first kappa shape index (κ1) is 39.6. The van der Waals surface area contributed by atoms with Gasteiger partial charge in [-0.1, -0.05) is 47.9 Å². The molecule has 15 nitrogen and oxygen atoms in total. The van der Waals surface area contributed by atoms with Crippen LogP contribution in [0.3, 0.4) is 0 Å². The van der Waals surface area contributed by atoms with E-state index >= 15 is 0 Å². The van der Waals surface area contributed by atoms with Crippen molar-refractivity contribution < 1.29 is 105 Å². The van der Waals surface area contributed by atoms with Gasteiger partial charge >= 0.3 is 59.1 Å². The maximum Gasteiger partial charge on any atom is 1.00 e. The molecule has 0 radical (unpaired) electrons. The maximum atomic E-state index is 12.3. The van der Waals surface area contributed by atoms with Crippen molar-refractivity contribution in [1.29, 1.82) is 0 Å². The van der Waals surface area contributed by atoms with Crippen LogP contribution in [0.5, 0.6) is 23.0 Å². The van der Waals surface area contributed by atoms with Crippen molar-refractivity contribution in [2.24, 2.45) is 20.5 Å². The molecule has 248 valence electrons. The Morgan fingerprint density at radius 1 is 0.529 bits per heavy atom. The fourth-order valence-electron chi connectivity index (χ4n) is 4.90. The molecule has 5 N–H and O–H groups in total. The molecule has 0 atom stereocenters. The average molecular weight is 746 g/mol. The smallest absolute Gasteiger partial charge is 0.871 e. The molecule has 0 fully saturated rings. The zero-order valence-electron chi connectivity index (χ0n) is 26.6. The second-order valence-electron chi connectivity index (χ2n) is 10.4. The van der Waals surface area contributed by atoms with Gasteiger partial charge in [0.25, 0.3) is 20.2 Å². The van der Waals surface area contributed by atoms with Crippen LogP contribution in [-0.2, 0) is 20.2 Å². The van der Waals surface area contributed by atoms with Gasteiger partial charge in [-0.15, -0.1) is 10.2 Å². The number of hydrogen-bond acceptors (Lipinski definition) is 13. The summed E-state index contributed by atoms with van der Waals surface area (Å²) in [7, 11) is -9.88. The van der Waals surface area contributed by atoms with Crippen molar-refractivity contribution in [3.05, 3.63) is 97.1 Å². The van der Waals surface area contributed by atoms with Crippen LogP contribution >= 0.6 is 0 Å². The van der Waals surface area contributed by atoms with Crippen LogP contribution < -0.4 is 74.6 Å². The summed E-state index contributed by atoms with van der Waals surface area (Å²) in [6, 6.07) is 22.0. The maximum absolute atomic E-state index is 12.3. The van der Waals surface area contributed by atoms with Gasteiger partial charge in [0.2, 0.25) is 0 Å². The average Bonchev–Trinajstić information content (AvgIpc) is 3.04. The Kier molecular flexibility index (Phi) is 12.1. The monoisotopic (exact) mass is 745 g/mol. The molecule has 51 heavy (non-hydrogen) atoms. The number of para-hydroxylation sites is 2. The second-order valence-corrected chi connectivity index (χ2v) is 13.2. The molecule has 19 heteroatoms. The van der Waals surface area contributed by atoms with Crippen molar-refractivity contribution in [3.63, 3.8) is 0 Å². The number of phenolic OH excluding ortho intramolecular Hbond substituents is 2. The normalized spacial score (nSPS) is 11.9. The van der Waals surface area contributed by atoms with Gasteiger partial charge in [0, 0.05) is 22.1 Å². The van der Waals surface area contributed by atoms with Gasteiger partial charge in [-0.25, -0.2) is 0 Å². The summed E-state index contributed by atoms with van der Waals surface area (Å²) in [6.07, 6.45) is 0. The SMILES string of the molecule is O=S(=O)(O)c1cc2cc(Nc3ccc4c(O)c(N=Nc5ccccc5[O-])c(S(=O)(=O)O)cc4c3)ccc2c(O)c1N=Nc1ccccc1[O-].[Na+].[Na+]. The van der Waals surface area contributed by atoms with Gasteiger partial charge < -0.3 is 25.7 Å². The number of hydrogen-bond donors (Lipinski definition) is 5. The number of fused-ring (bicyclic) bond motifs is 2. The van der Waals surface area contributed by atoms with Crippen LogP contribution in [0.2, 0.25) is 0 Å². The molecule has 0 aliphatic heterocycles. The summed E-state index contributed by atoms with van der Waals surface area (Å²) < 4.78 is 68.9. The molecular formula is C32H21N5Na2O10S2. The summed E-state index contributed by atoms with van der Waals surface area (Å²) in [4.78, 5) is -1.54. The Bertz CT molecular complexity index is 2430. The Morgan fingerprint density at radius 3 is 1.25 bits per heavy atom. The van der Waals surface area contributed by atoms with Gasteiger partial charge in [-0.3, -0.25) is 9.11 Å². The van der Waals surface area contributed by atoms with Crippen LogP contribution in [-0.4, -0.2) is 36.2 Å². The third-order valence-corrected chi connectivity index (χ3v) is 8.93. The first-order valence-electron chi connectivity index (χ1n) is 13.9. The predicted octanol–water partition coefficient (Wildman–Crippen LogP) is 0.627. The van der Waals surface area contributed by atoms with Crippen molar-refractivity contribution in [3.8, 4) is 23.0 Å². The van der Waals surface area contributed by atoms with Crippen LogP contribution in [0.4, 0.5) is 34.1 Å². The summed E-state index contributed by atoms with van der Waals surface area (Å²) in [5.74, 6) is -2.26. The van der Waals surface area contributed by atoms with E-state index < -0.39 is 64.4 Å². The number of nitrogens with zero attached hydrogens (tertiary/aromatic N) is 4. The predicted molar refractivity (Wildman–Crippen MR) is 174 cm³/mol. The van der Waals surface area contributed by atoms with Crippen LogP contribution in [0.1, 0.15) is 0 Å². The molecule has 0 spiro atoms. The van der Waals surface area contributed by atoms with E-state index in [0.717, 1.165) is 12.1 Å². The Morgan fingerprint density at radius 2 is 0.902 bits per heavy atom. The molecule has 0 saturated carbocycles.